The number of ether oxygens (including phenoxy) is 1. The summed E-state index contributed by atoms with van der Waals surface area (Å²) in [5, 5.41) is 0. The number of amides is 1. The molecule has 1 aromatic rings. The van der Waals surface area contributed by atoms with Crippen molar-refractivity contribution in [2.75, 3.05) is 39.3 Å². The predicted molar refractivity (Wildman–Crippen MR) is 91.8 cm³/mol. The van der Waals surface area contributed by atoms with Gasteiger partial charge in [0, 0.05) is 50.9 Å². The van der Waals surface area contributed by atoms with Crippen molar-refractivity contribution in [2.45, 2.75) is 19.1 Å². The largest absolute Gasteiger partial charge is 0.375 e. The Bertz CT molecular complexity index is 642. The molecule has 3 heterocycles. The fourth-order valence-corrected chi connectivity index (χ4v) is 3.53. The Morgan fingerprint density at radius 3 is 3.00 bits per heavy atom. The molecule has 0 aromatic carbocycles. The smallest absolute Gasteiger partial charge is 0.250 e. The Kier molecular flexibility index (Phi) is 5.48. The van der Waals surface area contributed by atoms with Crippen molar-refractivity contribution in [1.82, 2.24) is 14.4 Å². The summed E-state index contributed by atoms with van der Waals surface area (Å²) in [6.07, 6.45) is 4.61. The second kappa shape index (κ2) is 7.77. The maximum atomic E-state index is 12.5. The van der Waals surface area contributed by atoms with E-state index in [1.54, 1.807) is 18.3 Å². The number of carbonyl (C=O) groups is 1. The summed E-state index contributed by atoms with van der Waals surface area (Å²) in [5.41, 5.74) is -0.147. The number of piperidine rings is 1. The lowest BCUT2D eigenvalue weighted by atomic mass is 9.93. The van der Waals surface area contributed by atoms with Crippen LogP contribution in [-0.4, -0.2) is 65.7 Å². The summed E-state index contributed by atoms with van der Waals surface area (Å²) in [4.78, 5) is 28.5. The van der Waals surface area contributed by atoms with E-state index in [-0.39, 0.29) is 24.1 Å². The molecule has 1 amide bonds. The maximum absolute atomic E-state index is 12.5. The van der Waals surface area contributed by atoms with Gasteiger partial charge < -0.3 is 14.2 Å². The number of hydrogen-bond acceptors (Lipinski definition) is 4. The Morgan fingerprint density at radius 1 is 1.33 bits per heavy atom. The molecular weight excluding hydrogens is 306 g/mol. The molecule has 2 atom stereocenters. The van der Waals surface area contributed by atoms with Crippen LogP contribution in [0.15, 0.2) is 41.8 Å². The molecule has 2 unspecified atom stereocenters. The number of aromatic nitrogens is 1. The monoisotopic (exact) mass is 331 g/mol. The van der Waals surface area contributed by atoms with E-state index < -0.39 is 0 Å². The van der Waals surface area contributed by atoms with E-state index in [2.05, 4.69) is 11.5 Å². The van der Waals surface area contributed by atoms with Gasteiger partial charge in [-0.1, -0.05) is 12.1 Å². The summed E-state index contributed by atoms with van der Waals surface area (Å²) >= 11 is 0. The predicted octanol–water partition coefficient (Wildman–Crippen LogP) is 0.584. The minimum absolute atomic E-state index is 0.0162. The standard InChI is InChI=1S/C18H25N3O3/c1-2-7-19-10-11-24-16-13-21(9-6-15(16)12-19)18(23)14-20-8-4-3-5-17(20)22/h2-5,8,15-16H,1,6-7,9-14H2. The van der Waals surface area contributed by atoms with Gasteiger partial charge >= 0.3 is 0 Å². The first kappa shape index (κ1) is 16.9. The molecule has 24 heavy (non-hydrogen) atoms. The van der Waals surface area contributed by atoms with Crippen molar-refractivity contribution < 1.29 is 9.53 Å². The Morgan fingerprint density at radius 2 is 2.21 bits per heavy atom. The molecule has 0 bridgehead atoms. The van der Waals surface area contributed by atoms with Gasteiger partial charge in [-0.05, 0) is 12.5 Å². The first-order valence-corrected chi connectivity index (χ1v) is 8.55. The van der Waals surface area contributed by atoms with Gasteiger partial charge in [0.15, 0.2) is 0 Å². The van der Waals surface area contributed by atoms with E-state index in [9.17, 15) is 9.59 Å². The third-order valence-corrected chi connectivity index (χ3v) is 4.87. The van der Waals surface area contributed by atoms with Gasteiger partial charge in [-0.2, -0.15) is 0 Å². The summed E-state index contributed by atoms with van der Waals surface area (Å²) in [7, 11) is 0. The van der Waals surface area contributed by atoms with E-state index in [4.69, 9.17) is 4.74 Å². The topological polar surface area (TPSA) is 54.8 Å². The van der Waals surface area contributed by atoms with E-state index >= 15 is 0 Å². The normalized spacial score (nSPS) is 24.9. The van der Waals surface area contributed by atoms with Gasteiger partial charge in [-0.3, -0.25) is 14.5 Å². The second-order valence-corrected chi connectivity index (χ2v) is 6.51. The van der Waals surface area contributed by atoms with E-state index in [1.807, 2.05) is 11.0 Å². The highest BCUT2D eigenvalue weighted by Crippen LogP contribution is 2.24. The van der Waals surface area contributed by atoms with Crippen molar-refractivity contribution in [2.24, 2.45) is 5.92 Å². The number of nitrogens with zero attached hydrogens (tertiary/aromatic N) is 3. The molecule has 2 aliphatic rings. The molecule has 0 N–H and O–H groups in total. The first-order valence-electron chi connectivity index (χ1n) is 8.55. The number of fused-ring (bicyclic) bond motifs is 1. The highest BCUT2D eigenvalue weighted by atomic mass is 16.5. The molecule has 6 heteroatoms. The summed E-state index contributed by atoms with van der Waals surface area (Å²) in [6, 6.07) is 4.93. The molecule has 130 valence electrons. The van der Waals surface area contributed by atoms with E-state index in [0.29, 0.717) is 19.1 Å². The Balaban J connectivity index is 1.60. The molecule has 0 saturated carbocycles. The van der Waals surface area contributed by atoms with Crippen LogP contribution in [0.2, 0.25) is 0 Å². The van der Waals surface area contributed by atoms with Crippen molar-refractivity contribution >= 4 is 5.91 Å². The fourth-order valence-electron chi connectivity index (χ4n) is 3.53. The fraction of sp³-hybridized carbons (Fsp3) is 0.556. The number of pyridine rings is 1. The van der Waals surface area contributed by atoms with Crippen LogP contribution in [-0.2, 0) is 16.1 Å². The average Bonchev–Trinajstić information content (AvgIpc) is 2.78. The molecular formula is C18H25N3O3. The summed E-state index contributed by atoms with van der Waals surface area (Å²) in [6.45, 7) is 8.73. The van der Waals surface area contributed by atoms with Gasteiger partial charge in [0.1, 0.15) is 6.54 Å². The van der Waals surface area contributed by atoms with E-state index in [0.717, 1.165) is 32.6 Å². The number of carbonyl (C=O) groups excluding carboxylic acids is 1. The van der Waals surface area contributed by atoms with Crippen molar-refractivity contribution in [3.05, 3.63) is 47.4 Å². The van der Waals surface area contributed by atoms with Crippen LogP contribution in [0.1, 0.15) is 6.42 Å². The van der Waals surface area contributed by atoms with Crippen LogP contribution in [0.3, 0.4) is 0 Å². The molecule has 0 radical (unpaired) electrons. The molecule has 2 aliphatic heterocycles. The Hall–Kier alpha value is -1.92. The van der Waals surface area contributed by atoms with Crippen LogP contribution in [0, 0.1) is 5.92 Å². The van der Waals surface area contributed by atoms with Gasteiger partial charge in [0.05, 0.1) is 12.7 Å². The molecule has 0 spiro atoms. The second-order valence-electron chi connectivity index (χ2n) is 6.51. The summed E-state index contributed by atoms with van der Waals surface area (Å²) < 4.78 is 7.45. The zero-order chi connectivity index (χ0) is 16.9. The average molecular weight is 331 g/mol. The van der Waals surface area contributed by atoms with E-state index in [1.165, 1.54) is 10.6 Å². The zero-order valence-electron chi connectivity index (χ0n) is 14.0. The van der Waals surface area contributed by atoms with Gasteiger partial charge in [0.2, 0.25) is 5.91 Å². The SMILES string of the molecule is C=CCN1CCOC2CN(C(=O)Cn3ccccc3=O)CCC2C1. The summed E-state index contributed by atoms with van der Waals surface area (Å²) in [5.74, 6) is 0.438. The van der Waals surface area contributed by atoms with Crippen molar-refractivity contribution in [1.29, 1.82) is 0 Å². The number of rotatable bonds is 4. The lowest BCUT2D eigenvalue weighted by Gasteiger charge is -2.38. The quantitative estimate of drug-likeness (QED) is 0.758. The number of hydrogen-bond donors (Lipinski definition) is 0. The van der Waals surface area contributed by atoms with Crippen molar-refractivity contribution in [3.63, 3.8) is 0 Å². The molecule has 2 fully saturated rings. The Labute approximate surface area is 142 Å². The van der Waals surface area contributed by atoms with Crippen molar-refractivity contribution in [3.8, 4) is 0 Å². The van der Waals surface area contributed by atoms with Gasteiger partial charge in [0.25, 0.3) is 5.56 Å². The molecule has 6 nitrogen and oxygen atoms in total. The van der Waals surface area contributed by atoms with Gasteiger partial charge in [-0.15, -0.1) is 6.58 Å². The van der Waals surface area contributed by atoms with Crippen LogP contribution in [0.5, 0.6) is 0 Å². The minimum atomic E-state index is -0.147. The molecule has 2 saturated heterocycles. The zero-order valence-corrected chi connectivity index (χ0v) is 14.0. The molecule has 1 aromatic heterocycles. The molecule has 0 aliphatic carbocycles. The highest BCUT2D eigenvalue weighted by molar-refractivity contribution is 5.76. The molecule has 3 rings (SSSR count). The minimum Gasteiger partial charge on any atom is -0.375 e. The first-order chi connectivity index (χ1) is 11.7. The van der Waals surface area contributed by atoms with Crippen LogP contribution >= 0.6 is 0 Å². The lowest BCUT2D eigenvalue weighted by Crippen LogP contribution is -2.50. The third-order valence-electron chi connectivity index (χ3n) is 4.87. The maximum Gasteiger partial charge on any atom is 0.250 e. The number of likely N-dealkylation sites (tertiary alicyclic amines) is 1. The van der Waals surface area contributed by atoms with Crippen LogP contribution < -0.4 is 5.56 Å². The van der Waals surface area contributed by atoms with Crippen LogP contribution in [0.4, 0.5) is 0 Å². The van der Waals surface area contributed by atoms with Gasteiger partial charge in [-0.25, -0.2) is 0 Å². The highest BCUT2D eigenvalue weighted by Gasteiger charge is 2.34. The third kappa shape index (κ3) is 3.94. The van der Waals surface area contributed by atoms with Crippen LogP contribution in [0.25, 0.3) is 0 Å². The lowest BCUT2D eigenvalue weighted by molar-refractivity contribution is -0.137.